The van der Waals surface area contributed by atoms with Crippen molar-refractivity contribution in [1.29, 1.82) is 0 Å². The van der Waals surface area contributed by atoms with Gasteiger partial charge in [0.1, 0.15) is 0 Å². The molecule has 0 bridgehead atoms. The van der Waals surface area contributed by atoms with E-state index in [1.165, 1.54) is 17.7 Å². The van der Waals surface area contributed by atoms with Crippen molar-refractivity contribution in [2.45, 2.75) is 56.9 Å². The van der Waals surface area contributed by atoms with Crippen molar-refractivity contribution >= 4 is 46.5 Å². The molecule has 6 aromatic rings. The molecule has 13 rings (SSSR count). The Morgan fingerprint density at radius 1 is 0.635 bits per heavy atom. The summed E-state index contributed by atoms with van der Waals surface area (Å²) >= 11 is 0. The number of carbonyl (C=O) groups is 4. The van der Waals surface area contributed by atoms with Crippen molar-refractivity contribution in [2.24, 2.45) is 0 Å². The number of H-pyrrole nitrogens is 2. The number of fused-ring (bicyclic) bond motifs is 10. The van der Waals surface area contributed by atoms with Gasteiger partial charge in [0.2, 0.25) is 11.8 Å². The van der Waals surface area contributed by atoms with Gasteiger partial charge in [-0.05, 0) is 117 Å². The van der Waals surface area contributed by atoms with Crippen molar-refractivity contribution in [3.63, 3.8) is 0 Å². The van der Waals surface area contributed by atoms with Crippen LogP contribution in [0.25, 0.3) is 45.0 Å². The molecule has 1 spiro atoms. The second-order valence-corrected chi connectivity index (χ2v) is 20.8. The lowest BCUT2D eigenvalue weighted by atomic mass is 9.87. The number of amides is 4. The maximum atomic E-state index is 13.0. The summed E-state index contributed by atoms with van der Waals surface area (Å²) in [7, 11) is 4.24. The summed E-state index contributed by atoms with van der Waals surface area (Å²) < 4.78 is 0. The van der Waals surface area contributed by atoms with Crippen LogP contribution >= 0.6 is 0 Å². The highest BCUT2D eigenvalue weighted by Crippen LogP contribution is 2.46. The van der Waals surface area contributed by atoms with Crippen molar-refractivity contribution in [2.75, 3.05) is 93.4 Å². The Kier molecular flexibility index (Phi) is 12.0. The van der Waals surface area contributed by atoms with Gasteiger partial charge in [-0.25, -0.2) is 4.98 Å². The van der Waals surface area contributed by atoms with E-state index in [0.29, 0.717) is 12.2 Å². The Hall–Kier alpha value is -7.89. The monoisotopic (exact) mass is 991 g/mol. The molecule has 378 valence electrons. The van der Waals surface area contributed by atoms with E-state index in [4.69, 9.17) is 15.0 Å². The van der Waals surface area contributed by atoms with E-state index in [1.54, 1.807) is 0 Å². The topological polar surface area (TPSA) is 200 Å². The number of aryl methyl sites for hydroxylation is 2. The van der Waals surface area contributed by atoms with Crippen LogP contribution in [0, 0.1) is 0 Å². The van der Waals surface area contributed by atoms with Crippen LogP contribution in [0.3, 0.4) is 0 Å². The Labute approximate surface area is 429 Å². The molecule has 6 N–H and O–H groups in total. The maximum Gasteiger partial charge on any atom is 0.253 e. The summed E-state index contributed by atoms with van der Waals surface area (Å²) in [6, 6.07) is 12.3. The first-order valence-electron chi connectivity index (χ1n) is 25.9. The van der Waals surface area contributed by atoms with Crippen molar-refractivity contribution in [3.05, 3.63) is 125 Å². The van der Waals surface area contributed by atoms with Crippen LogP contribution in [0.2, 0.25) is 0 Å². The van der Waals surface area contributed by atoms with Gasteiger partial charge in [0, 0.05) is 130 Å². The first kappa shape index (κ1) is 47.1. The molecular weight excluding hydrogens is 931 g/mol. The number of likely N-dealkylation sites (N-methyl/N-ethyl adjacent to an activating group) is 2. The third-order valence-corrected chi connectivity index (χ3v) is 16.0. The van der Waals surface area contributed by atoms with Crippen molar-refractivity contribution in [1.82, 2.24) is 45.4 Å². The fourth-order valence-corrected chi connectivity index (χ4v) is 11.7. The second-order valence-electron chi connectivity index (χ2n) is 20.8. The fourth-order valence-electron chi connectivity index (χ4n) is 11.7. The molecule has 1 saturated carbocycles. The van der Waals surface area contributed by atoms with Crippen LogP contribution in [-0.4, -0.2) is 137 Å². The number of aromatic amines is 2. The Bertz CT molecular complexity index is 3310. The smallest absolute Gasteiger partial charge is 0.253 e. The zero-order valence-electron chi connectivity index (χ0n) is 42.0. The number of rotatable bonds is 8. The quantitative estimate of drug-likeness (QED) is 0.0988. The number of hydrogen-bond acceptors (Lipinski definition) is 11. The molecular formula is C57H61N13O4. The normalized spacial score (nSPS) is 18.2. The minimum absolute atomic E-state index is 0.0118. The summed E-state index contributed by atoms with van der Waals surface area (Å²) in [5.74, 6) is 0.330. The number of nitrogens with one attached hydrogen (secondary N) is 6. The molecule has 0 atom stereocenters. The van der Waals surface area contributed by atoms with Gasteiger partial charge in [-0.2, -0.15) is 0 Å². The number of pyridine rings is 3. The summed E-state index contributed by atoms with van der Waals surface area (Å²) in [6.45, 7) is 15.2. The zero-order chi connectivity index (χ0) is 50.8. The molecule has 4 aliphatic heterocycles. The van der Waals surface area contributed by atoms with E-state index in [9.17, 15) is 19.2 Å². The minimum Gasteiger partial charge on any atom is -0.367 e. The first-order chi connectivity index (χ1) is 35.9. The van der Waals surface area contributed by atoms with Crippen LogP contribution < -0.4 is 31.1 Å². The third-order valence-electron chi connectivity index (χ3n) is 16.0. The number of aromatic nitrogens is 5. The van der Waals surface area contributed by atoms with Gasteiger partial charge < -0.3 is 50.8 Å². The Balaban J connectivity index is 0.000000150. The zero-order valence-corrected chi connectivity index (χ0v) is 42.0. The summed E-state index contributed by atoms with van der Waals surface area (Å²) in [4.78, 5) is 80.7. The average Bonchev–Trinajstić information content (AvgIpc) is 3.85. The van der Waals surface area contributed by atoms with Crippen LogP contribution in [0.15, 0.2) is 80.3 Å². The average molecular weight is 992 g/mol. The lowest BCUT2D eigenvalue weighted by molar-refractivity contribution is -0.112. The molecule has 2 saturated heterocycles. The van der Waals surface area contributed by atoms with Gasteiger partial charge >= 0.3 is 0 Å². The van der Waals surface area contributed by atoms with Gasteiger partial charge in [-0.3, -0.25) is 29.1 Å². The van der Waals surface area contributed by atoms with E-state index in [1.807, 2.05) is 30.7 Å². The summed E-state index contributed by atoms with van der Waals surface area (Å²) in [5.41, 5.74) is 18.3. The van der Waals surface area contributed by atoms with Crippen molar-refractivity contribution < 1.29 is 19.2 Å². The van der Waals surface area contributed by atoms with E-state index >= 15 is 0 Å². The van der Waals surface area contributed by atoms with Crippen molar-refractivity contribution in [3.8, 4) is 45.0 Å². The molecule has 3 fully saturated rings. The highest BCUT2D eigenvalue weighted by atomic mass is 16.2. The predicted octanol–water partition coefficient (Wildman–Crippen LogP) is 5.94. The molecule has 7 aliphatic rings. The van der Waals surface area contributed by atoms with E-state index in [-0.39, 0.29) is 29.2 Å². The largest absolute Gasteiger partial charge is 0.367 e. The van der Waals surface area contributed by atoms with E-state index < -0.39 is 0 Å². The highest BCUT2D eigenvalue weighted by Gasteiger charge is 2.49. The molecule has 0 unspecified atom stereocenters. The molecule has 5 aromatic heterocycles. The third kappa shape index (κ3) is 8.72. The number of anilines is 4. The predicted molar refractivity (Wildman–Crippen MR) is 288 cm³/mol. The van der Waals surface area contributed by atoms with E-state index in [0.717, 1.165) is 205 Å². The molecule has 74 heavy (non-hydrogen) atoms. The second kappa shape index (κ2) is 18.9. The molecule has 17 heteroatoms. The number of piperazine rings is 2. The van der Waals surface area contributed by atoms with Crippen LogP contribution in [0.5, 0.6) is 0 Å². The van der Waals surface area contributed by atoms with Gasteiger partial charge in [0.25, 0.3) is 11.8 Å². The Morgan fingerprint density at radius 2 is 1.20 bits per heavy atom. The summed E-state index contributed by atoms with van der Waals surface area (Å²) in [6.07, 6.45) is 15.4. The first-order valence-corrected chi connectivity index (χ1v) is 25.9. The number of carbonyl (C=O) groups excluding carboxylic acids is 4. The fraction of sp³-hybridized carbons (Fsp3) is 0.351. The minimum atomic E-state index is -0.275. The SMILES string of the molecule is C=CC(=O)Nc1cc(-c2cc3c(cn2)CCc2c-3[nH]c3c2C(=O)NC2(CC2)C3)ccc1N1CCN(C)CC1.C=CC(=O)Nc1cc(-c2cc3c(cn2)CCc2c-3[nH]c3c2C(=O)NCC3)cnc1N1CCN(C)CC1. The molecule has 9 heterocycles. The summed E-state index contributed by atoms with van der Waals surface area (Å²) in [5, 5.41) is 12.2. The van der Waals surface area contributed by atoms with Gasteiger partial charge in [-0.1, -0.05) is 19.2 Å². The Morgan fingerprint density at radius 3 is 1.82 bits per heavy atom. The van der Waals surface area contributed by atoms with Crippen LogP contribution in [-0.2, 0) is 48.1 Å². The molecule has 0 radical (unpaired) electrons. The molecule has 3 aliphatic carbocycles. The van der Waals surface area contributed by atoms with Gasteiger partial charge in [0.05, 0.1) is 51.0 Å². The maximum absolute atomic E-state index is 13.0. The molecule has 4 amide bonds. The van der Waals surface area contributed by atoms with Crippen LogP contribution in [0.1, 0.15) is 67.2 Å². The molecule has 17 nitrogen and oxygen atoms in total. The van der Waals surface area contributed by atoms with E-state index in [2.05, 4.69) is 102 Å². The lowest BCUT2D eigenvalue weighted by Gasteiger charge is -2.35. The highest BCUT2D eigenvalue weighted by molar-refractivity contribution is 6.04. The number of benzene rings is 1. The lowest BCUT2D eigenvalue weighted by Crippen LogP contribution is -2.45. The van der Waals surface area contributed by atoms with Gasteiger partial charge in [0.15, 0.2) is 5.82 Å². The van der Waals surface area contributed by atoms with Gasteiger partial charge in [-0.15, -0.1) is 0 Å². The number of nitrogens with zero attached hydrogens (tertiary/aromatic N) is 7. The van der Waals surface area contributed by atoms with Crippen LogP contribution in [0.4, 0.5) is 22.9 Å². The standard InChI is InChI=1S/C30H32N6O2.C27H29N7O2/c1-3-26(37)32-23-14-18(5-7-25(23)36-12-10-35(2)11-13-36)22-15-21-19(17-31-22)4-6-20-27-24(33-28(20)21)16-30(8-9-30)34-29(27)38;1-3-23(35)31-22-12-17(15-30-26(22)34-10-8-33(2)9-11-34)21-13-19-16(14-29-21)4-5-18-24-20(32-25(18)19)6-7-28-27(24)36/h3,5,7,14-15,17,33H,1,4,6,8-13,16H2,2H3,(H,32,37)(H,34,38);3,12-15,32H,1,4-11H2,2H3,(H,28,36)(H,31,35). The number of hydrogen-bond donors (Lipinski definition) is 6. The molecule has 1 aromatic carbocycles.